The third-order valence-electron chi connectivity index (χ3n) is 4.39. The molecule has 1 aromatic carbocycles. The van der Waals surface area contributed by atoms with Gasteiger partial charge in [0, 0.05) is 31.0 Å². The maximum absolute atomic E-state index is 13.5. The number of nitrogens with zero attached hydrogens (tertiary/aromatic N) is 3. The van der Waals surface area contributed by atoms with Crippen LogP contribution in [0.4, 0.5) is 4.39 Å². The van der Waals surface area contributed by atoms with Crippen LogP contribution < -0.4 is 0 Å². The second-order valence-corrected chi connectivity index (χ2v) is 6.11. The van der Waals surface area contributed by atoms with Gasteiger partial charge >= 0.3 is 0 Å². The molecular weight excluding hydrogens is 319 g/mol. The summed E-state index contributed by atoms with van der Waals surface area (Å²) in [5, 5.41) is 0. The van der Waals surface area contributed by atoms with Gasteiger partial charge in [-0.05, 0) is 23.8 Å². The number of hydrogen-bond acceptors (Lipinski definition) is 4. The smallest absolute Gasteiger partial charge is 0.126 e. The van der Waals surface area contributed by atoms with Crippen LogP contribution in [0, 0.1) is 5.82 Å². The molecule has 3 aromatic rings. The Labute approximate surface area is 145 Å². The summed E-state index contributed by atoms with van der Waals surface area (Å²) in [7, 11) is 0. The summed E-state index contributed by atoms with van der Waals surface area (Å²) >= 11 is 0. The zero-order valence-corrected chi connectivity index (χ0v) is 13.7. The van der Waals surface area contributed by atoms with Crippen LogP contribution in [0.25, 0.3) is 11.3 Å². The summed E-state index contributed by atoms with van der Waals surface area (Å²) < 4.78 is 19.1. The van der Waals surface area contributed by atoms with Gasteiger partial charge in [-0.2, -0.15) is 0 Å². The van der Waals surface area contributed by atoms with Crippen molar-refractivity contribution in [3.63, 3.8) is 0 Å². The molecule has 0 spiro atoms. The molecule has 1 atom stereocenters. The van der Waals surface area contributed by atoms with Crippen LogP contribution in [0.2, 0.25) is 0 Å². The Balaban J connectivity index is 1.57. The number of aromatic amines is 1. The van der Waals surface area contributed by atoms with Crippen LogP contribution in [0.5, 0.6) is 0 Å². The van der Waals surface area contributed by atoms with Crippen molar-refractivity contribution in [2.75, 3.05) is 19.8 Å². The Morgan fingerprint density at radius 2 is 2.20 bits per heavy atom. The molecule has 25 heavy (non-hydrogen) atoms. The summed E-state index contributed by atoms with van der Waals surface area (Å²) in [4.78, 5) is 14.4. The Kier molecular flexibility index (Phi) is 4.54. The molecule has 0 radical (unpaired) electrons. The molecular formula is C19H19FN4O. The lowest BCUT2D eigenvalue weighted by Gasteiger charge is -2.34. The largest absolute Gasteiger partial charge is 0.378 e. The third kappa shape index (κ3) is 3.60. The first-order chi connectivity index (χ1) is 12.3. The summed E-state index contributed by atoms with van der Waals surface area (Å²) in [5.74, 6) is 0.579. The average molecular weight is 338 g/mol. The van der Waals surface area contributed by atoms with Crippen molar-refractivity contribution in [1.29, 1.82) is 0 Å². The van der Waals surface area contributed by atoms with Gasteiger partial charge in [-0.25, -0.2) is 9.37 Å². The standard InChI is InChI=1S/C19H19FN4O/c20-16-5-1-4-15(9-16)17-11-22-19(23-17)18-13-25-8-7-24(18)12-14-3-2-6-21-10-14/h1-6,9-11,18H,7-8,12-13H2,(H,22,23)/t18-/m0/s1. The molecule has 6 heteroatoms. The first kappa shape index (κ1) is 15.9. The fourth-order valence-electron chi connectivity index (χ4n) is 3.11. The topological polar surface area (TPSA) is 54.0 Å². The number of halogens is 1. The fourth-order valence-corrected chi connectivity index (χ4v) is 3.11. The predicted molar refractivity (Wildman–Crippen MR) is 92.2 cm³/mol. The molecule has 5 nitrogen and oxygen atoms in total. The maximum atomic E-state index is 13.5. The number of pyridine rings is 1. The van der Waals surface area contributed by atoms with Crippen molar-refractivity contribution < 1.29 is 9.13 Å². The number of nitrogens with one attached hydrogen (secondary N) is 1. The van der Waals surface area contributed by atoms with Crippen molar-refractivity contribution in [3.8, 4) is 11.3 Å². The number of H-pyrrole nitrogens is 1. The Bertz CT molecular complexity index is 836. The number of ether oxygens (including phenoxy) is 1. The fraction of sp³-hybridized carbons (Fsp3) is 0.263. The molecule has 1 fully saturated rings. The Hall–Kier alpha value is -2.57. The minimum absolute atomic E-state index is 0.0382. The number of hydrogen-bond donors (Lipinski definition) is 1. The monoisotopic (exact) mass is 338 g/mol. The molecule has 3 heterocycles. The molecule has 0 amide bonds. The van der Waals surface area contributed by atoms with Gasteiger partial charge in [0.1, 0.15) is 11.6 Å². The molecule has 0 aliphatic carbocycles. The van der Waals surface area contributed by atoms with E-state index in [1.807, 2.05) is 18.3 Å². The highest BCUT2D eigenvalue weighted by molar-refractivity contribution is 5.58. The van der Waals surface area contributed by atoms with Gasteiger partial charge in [-0.1, -0.05) is 18.2 Å². The van der Waals surface area contributed by atoms with E-state index in [1.165, 1.54) is 12.1 Å². The minimum atomic E-state index is -0.257. The van der Waals surface area contributed by atoms with E-state index in [-0.39, 0.29) is 11.9 Å². The van der Waals surface area contributed by atoms with Gasteiger partial charge in [-0.15, -0.1) is 0 Å². The number of aromatic nitrogens is 3. The van der Waals surface area contributed by atoms with Crippen LogP contribution in [0.15, 0.2) is 55.0 Å². The number of rotatable bonds is 4. The molecule has 1 saturated heterocycles. The summed E-state index contributed by atoms with van der Waals surface area (Å²) in [6.07, 6.45) is 5.41. The van der Waals surface area contributed by atoms with Crippen molar-refractivity contribution >= 4 is 0 Å². The lowest BCUT2D eigenvalue weighted by molar-refractivity contribution is -0.0156. The van der Waals surface area contributed by atoms with Gasteiger partial charge < -0.3 is 9.72 Å². The average Bonchev–Trinajstić information content (AvgIpc) is 3.13. The van der Waals surface area contributed by atoms with Gasteiger partial charge in [-0.3, -0.25) is 9.88 Å². The zero-order valence-electron chi connectivity index (χ0n) is 13.7. The first-order valence-corrected chi connectivity index (χ1v) is 8.31. The van der Waals surface area contributed by atoms with E-state index in [0.717, 1.165) is 35.7 Å². The van der Waals surface area contributed by atoms with Gasteiger partial charge in [0.15, 0.2) is 0 Å². The zero-order chi connectivity index (χ0) is 17.1. The summed E-state index contributed by atoms with van der Waals surface area (Å²) in [6.45, 7) is 2.90. The Morgan fingerprint density at radius 3 is 3.04 bits per heavy atom. The number of benzene rings is 1. The van der Waals surface area contributed by atoms with Crippen LogP contribution in [0.1, 0.15) is 17.4 Å². The van der Waals surface area contributed by atoms with E-state index in [1.54, 1.807) is 18.5 Å². The highest BCUT2D eigenvalue weighted by Gasteiger charge is 2.27. The van der Waals surface area contributed by atoms with Gasteiger partial charge in [0.2, 0.25) is 0 Å². The lowest BCUT2D eigenvalue weighted by Crippen LogP contribution is -2.39. The minimum Gasteiger partial charge on any atom is -0.378 e. The summed E-state index contributed by atoms with van der Waals surface area (Å²) in [6, 6.07) is 10.6. The third-order valence-corrected chi connectivity index (χ3v) is 4.39. The van der Waals surface area contributed by atoms with Crippen LogP contribution in [-0.2, 0) is 11.3 Å². The molecule has 1 N–H and O–H groups in total. The Morgan fingerprint density at radius 1 is 1.24 bits per heavy atom. The molecule has 2 aromatic heterocycles. The van der Waals surface area contributed by atoms with Crippen molar-refractivity contribution in [2.24, 2.45) is 0 Å². The van der Waals surface area contributed by atoms with E-state index in [2.05, 4.69) is 25.9 Å². The molecule has 128 valence electrons. The first-order valence-electron chi connectivity index (χ1n) is 8.31. The highest BCUT2D eigenvalue weighted by atomic mass is 19.1. The van der Waals surface area contributed by atoms with Crippen LogP contribution >= 0.6 is 0 Å². The van der Waals surface area contributed by atoms with E-state index in [0.29, 0.717) is 13.2 Å². The predicted octanol–water partition coefficient (Wildman–Crippen LogP) is 3.18. The SMILES string of the molecule is Fc1cccc(-c2cnc([C@@H]3COCCN3Cc3cccnc3)[nH]2)c1. The highest BCUT2D eigenvalue weighted by Crippen LogP contribution is 2.26. The van der Waals surface area contributed by atoms with E-state index in [4.69, 9.17) is 4.74 Å². The second-order valence-electron chi connectivity index (χ2n) is 6.11. The molecule has 0 saturated carbocycles. The van der Waals surface area contributed by atoms with Crippen molar-refractivity contribution in [2.45, 2.75) is 12.6 Å². The van der Waals surface area contributed by atoms with Crippen molar-refractivity contribution in [3.05, 3.63) is 72.2 Å². The molecule has 0 unspecified atom stereocenters. The molecule has 0 bridgehead atoms. The van der Waals surface area contributed by atoms with E-state index in [9.17, 15) is 4.39 Å². The molecule has 4 rings (SSSR count). The van der Waals surface area contributed by atoms with Gasteiger partial charge in [0.05, 0.1) is 31.1 Å². The number of imidazole rings is 1. The van der Waals surface area contributed by atoms with E-state index >= 15 is 0 Å². The summed E-state index contributed by atoms with van der Waals surface area (Å²) in [5.41, 5.74) is 2.75. The van der Waals surface area contributed by atoms with Crippen molar-refractivity contribution in [1.82, 2.24) is 19.9 Å². The van der Waals surface area contributed by atoms with E-state index < -0.39 is 0 Å². The number of morpholine rings is 1. The normalized spacial score (nSPS) is 18.4. The molecule has 1 aliphatic heterocycles. The lowest BCUT2D eigenvalue weighted by atomic mass is 10.1. The van der Waals surface area contributed by atoms with Crippen LogP contribution in [-0.4, -0.2) is 39.6 Å². The molecule has 1 aliphatic rings. The maximum Gasteiger partial charge on any atom is 0.126 e. The second kappa shape index (κ2) is 7.13. The van der Waals surface area contributed by atoms with Gasteiger partial charge in [0.25, 0.3) is 0 Å². The quantitative estimate of drug-likeness (QED) is 0.794. The van der Waals surface area contributed by atoms with Crippen LogP contribution in [0.3, 0.4) is 0 Å².